The second kappa shape index (κ2) is 6.10. The molecule has 0 aliphatic rings. The van der Waals surface area contributed by atoms with Gasteiger partial charge in [-0.1, -0.05) is 19.1 Å². The number of carbonyl (C=O) groups is 2. The molecule has 0 radical (unpaired) electrons. The fourth-order valence-electron chi connectivity index (χ4n) is 2.08. The van der Waals surface area contributed by atoms with Crippen LogP contribution in [0.5, 0.6) is 0 Å². The van der Waals surface area contributed by atoms with Crippen LogP contribution in [0.3, 0.4) is 0 Å². The molecule has 1 heterocycles. The minimum atomic E-state index is -0.520. The van der Waals surface area contributed by atoms with Crippen molar-refractivity contribution < 1.29 is 9.59 Å². The molecule has 0 spiro atoms. The molecule has 0 unspecified atom stereocenters. The van der Waals surface area contributed by atoms with E-state index in [9.17, 15) is 9.59 Å². The van der Waals surface area contributed by atoms with Gasteiger partial charge in [0.25, 0.3) is 11.8 Å². The Morgan fingerprint density at radius 3 is 2.33 bits per heavy atom. The van der Waals surface area contributed by atoms with Crippen molar-refractivity contribution in [2.24, 2.45) is 5.73 Å². The standard InChI is InChI=1S/C16H18N2O2S/c1-4-11-5-7-12(8-6-11)15(20)18-16-13(14(17)19)9(2)10(3)21-16/h5-8H,4H2,1-3H3,(H2,17,19)(H,18,20). The second-order valence-corrected chi connectivity index (χ2v) is 6.08. The number of hydrogen-bond donors (Lipinski definition) is 2. The zero-order chi connectivity index (χ0) is 15.6. The summed E-state index contributed by atoms with van der Waals surface area (Å²) in [5.41, 5.74) is 8.35. The summed E-state index contributed by atoms with van der Waals surface area (Å²) in [5, 5.41) is 3.30. The molecule has 0 bridgehead atoms. The Balaban J connectivity index is 2.27. The molecule has 21 heavy (non-hydrogen) atoms. The van der Waals surface area contributed by atoms with Crippen molar-refractivity contribution in [2.45, 2.75) is 27.2 Å². The number of nitrogens with two attached hydrogens (primary N) is 1. The molecule has 1 aromatic carbocycles. The number of aryl methyl sites for hydroxylation is 2. The number of rotatable bonds is 4. The van der Waals surface area contributed by atoms with Crippen molar-refractivity contribution in [3.63, 3.8) is 0 Å². The maximum Gasteiger partial charge on any atom is 0.256 e. The van der Waals surface area contributed by atoms with Crippen LogP contribution >= 0.6 is 11.3 Å². The van der Waals surface area contributed by atoms with E-state index < -0.39 is 5.91 Å². The van der Waals surface area contributed by atoms with E-state index in [1.165, 1.54) is 16.9 Å². The zero-order valence-electron chi connectivity index (χ0n) is 12.3. The van der Waals surface area contributed by atoms with Gasteiger partial charge in [-0.2, -0.15) is 0 Å². The van der Waals surface area contributed by atoms with Crippen LogP contribution < -0.4 is 11.1 Å². The van der Waals surface area contributed by atoms with E-state index in [-0.39, 0.29) is 5.91 Å². The van der Waals surface area contributed by atoms with Gasteiger partial charge in [0, 0.05) is 10.4 Å². The van der Waals surface area contributed by atoms with Crippen molar-refractivity contribution in [3.8, 4) is 0 Å². The SMILES string of the molecule is CCc1ccc(C(=O)Nc2sc(C)c(C)c2C(N)=O)cc1. The lowest BCUT2D eigenvalue weighted by molar-refractivity contribution is 0.100. The number of anilines is 1. The van der Waals surface area contributed by atoms with Crippen LogP contribution in [-0.4, -0.2) is 11.8 Å². The van der Waals surface area contributed by atoms with Gasteiger partial charge >= 0.3 is 0 Å². The molecule has 5 heteroatoms. The minimum Gasteiger partial charge on any atom is -0.365 e. The molecule has 0 fully saturated rings. The monoisotopic (exact) mass is 302 g/mol. The van der Waals surface area contributed by atoms with Gasteiger partial charge in [0.05, 0.1) is 5.56 Å². The number of primary amides is 1. The Bertz CT molecular complexity index is 687. The van der Waals surface area contributed by atoms with E-state index >= 15 is 0 Å². The number of thiophene rings is 1. The highest BCUT2D eigenvalue weighted by molar-refractivity contribution is 7.16. The third-order valence-corrected chi connectivity index (χ3v) is 4.61. The molecular weight excluding hydrogens is 284 g/mol. The molecule has 0 saturated carbocycles. The Labute approximate surface area is 128 Å². The number of nitrogens with one attached hydrogen (secondary N) is 1. The summed E-state index contributed by atoms with van der Waals surface area (Å²) in [7, 11) is 0. The summed E-state index contributed by atoms with van der Waals surface area (Å²) in [4.78, 5) is 24.8. The summed E-state index contributed by atoms with van der Waals surface area (Å²) in [6.07, 6.45) is 0.928. The topological polar surface area (TPSA) is 72.2 Å². The molecule has 0 aliphatic carbocycles. The molecule has 3 N–H and O–H groups in total. The zero-order valence-corrected chi connectivity index (χ0v) is 13.1. The van der Waals surface area contributed by atoms with Crippen molar-refractivity contribution in [2.75, 3.05) is 5.32 Å². The van der Waals surface area contributed by atoms with Gasteiger partial charge in [-0.3, -0.25) is 9.59 Å². The van der Waals surface area contributed by atoms with Crippen molar-refractivity contribution in [1.82, 2.24) is 0 Å². The maximum atomic E-state index is 12.3. The average molecular weight is 302 g/mol. The van der Waals surface area contributed by atoms with Crippen LogP contribution in [0.15, 0.2) is 24.3 Å². The van der Waals surface area contributed by atoms with E-state index in [0.29, 0.717) is 16.1 Å². The summed E-state index contributed by atoms with van der Waals surface area (Å²) in [5.74, 6) is -0.755. The number of benzene rings is 1. The summed E-state index contributed by atoms with van der Waals surface area (Å²) >= 11 is 1.37. The van der Waals surface area contributed by atoms with Crippen molar-refractivity contribution in [3.05, 3.63) is 51.4 Å². The predicted octanol–water partition coefficient (Wildman–Crippen LogP) is 3.28. The molecular formula is C16H18N2O2S. The Hall–Kier alpha value is -2.14. The van der Waals surface area contributed by atoms with E-state index in [1.807, 2.05) is 26.0 Å². The lowest BCUT2D eigenvalue weighted by Crippen LogP contribution is -2.17. The first-order valence-corrected chi connectivity index (χ1v) is 7.55. The summed E-state index contributed by atoms with van der Waals surface area (Å²) in [6.45, 7) is 5.79. The highest BCUT2D eigenvalue weighted by Gasteiger charge is 2.19. The number of carbonyl (C=O) groups excluding carboxylic acids is 2. The van der Waals surface area contributed by atoms with E-state index in [2.05, 4.69) is 12.2 Å². The molecule has 2 aromatic rings. The van der Waals surface area contributed by atoms with Gasteiger partial charge in [0.15, 0.2) is 0 Å². The van der Waals surface area contributed by atoms with Gasteiger partial charge in [-0.25, -0.2) is 0 Å². The van der Waals surface area contributed by atoms with Gasteiger partial charge in [0.1, 0.15) is 5.00 Å². The third kappa shape index (κ3) is 3.13. The van der Waals surface area contributed by atoms with Crippen LogP contribution in [0.2, 0.25) is 0 Å². The van der Waals surface area contributed by atoms with E-state index in [1.54, 1.807) is 12.1 Å². The van der Waals surface area contributed by atoms with Crippen LogP contribution in [0.25, 0.3) is 0 Å². The number of hydrogen-bond acceptors (Lipinski definition) is 3. The van der Waals surface area contributed by atoms with Gasteiger partial charge < -0.3 is 11.1 Å². The second-order valence-electron chi connectivity index (χ2n) is 4.86. The van der Waals surface area contributed by atoms with E-state index in [4.69, 9.17) is 5.73 Å². The fraction of sp³-hybridized carbons (Fsp3) is 0.250. The Morgan fingerprint density at radius 1 is 1.19 bits per heavy atom. The molecule has 4 nitrogen and oxygen atoms in total. The summed E-state index contributed by atoms with van der Waals surface area (Å²) in [6, 6.07) is 7.42. The quantitative estimate of drug-likeness (QED) is 0.909. The molecule has 2 rings (SSSR count). The lowest BCUT2D eigenvalue weighted by atomic mass is 10.1. The van der Waals surface area contributed by atoms with Crippen LogP contribution in [0.4, 0.5) is 5.00 Å². The molecule has 110 valence electrons. The van der Waals surface area contributed by atoms with Crippen LogP contribution in [0.1, 0.15) is 43.6 Å². The molecule has 0 saturated heterocycles. The Morgan fingerprint density at radius 2 is 1.81 bits per heavy atom. The highest BCUT2D eigenvalue weighted by atomic mass is 32.1. The minimum absolute atomic E-state index is 0.235. The van der Waals surface area contributed by atoms with Gasteiger partial charge in [-0.15, -0.1) is 11.3 Å². The fourth-order valence-corrected chi connectivity index (χ4v) is 3.14. The first kappa shape index (κ1) is 15.3. The smallest absolute Gasteiger partial charge is 0.256 e. The molecule has 2 amide bonds. The van der Waals surface area contributed by atoms with Crippen LogP contribution in [-0.2, 0) is 6.42 Å². The summed E-state index contributed by atoms with van der Waals surface area (Å²) < 4.78 is 0. The molecule has 0 atom stereocenters. The lowest BCUT2D eigenvalue weighted by Gasteiger charge is -2.06. The first-order chi connectivity index (χ1) is 9.93. The van der Waals surface area contributed by atoms with Gasteiger partial charge in [0.2, 0.25) is 0 Å². The molecule has 0 aliphatic heterocycles. The first-order valence-electron chi connectivity index (χ1n) is 6.74. The Kier molecular flexibility index (Phi) is 4.43. The highest BCUT2D eigenvalue weighted by Crippen LogP contribution is 2.32. The number of amides is 2. The maximum absolute atomic E-state index is 12.3. The van der Waals surface area contributed by atoms with Gasteiger partial charge in [-0.05, 0) is 43.5 Å². The van der Waals surface area contributed by atoms with Crippen molar-refractivity contribution in [1.29, 1.82) is 0 Å². The molecule has 1 aromatic heterocycles. The van der Waals surface area contributed by atoms with Crippen LogP contribution in [0, 0.1) is 13.8 Å². The predicted molar refractivity (Wildman–Crippen MR) is 86.1 cm³/mol. The normalized spacial score (nSPS) is 10.4. The van der Waals surface area contributed by atoms with Crippen molar-refractivity contribution >= 4 is 28.2 Å². The third-order valence-electron chi connectivity index (χ3n) is 3.48. The largest absolute Gasteiger partial charge is 0.365 e. The average Bonchev–Trinajstić information content (AvgIpc) is 2.73. The van der Waals surface area contributed by atoms with E-state index in [0.717, 1.165) is 16.9 Å².